The Morgan fingerprint density at radius 2 is 1.64 bits per heavy atom. The number of furan rings is 1. The maximum Gasteiger partial charge on any atom is 0.287 e. The van der Waals surface area contributed by atoms with Crippen molar-refractivity contribution in [2.75, 3.05) is 46.3 Å². The van der Waals surface area contributed by atoms with Gasteiger partial charge in [-0.15, -0.1) is 0 Å². The summed E-state index contributed by atoms with van der Waals surface area (Å²) in [6.07, 6.45) is 3.14. The van der Waals surface area contributed by atoms with Gasteiger partial charge < -0.3 is 24.4 Å². The lowest BCUT2D eigenvalue weighted by molar-refractivity contribution is -0.142. The quantitative estimate of drug-likeness (QED) is 0.720. The van der Waals surface area contributed by atoms with Gasteiger partial charge in [0.05, 0.1) is 6.26 Å². The first-order valence-corrected chi connectivity index (χ1v) is 11.7. The number of carbonyl (C=O) groups excluding carboxylic acids is 3. The summed E-state index contributed by atoms with van der Waals surface area (Å²) in [6, 6.07) is 12.2. The van der Waals surface area contributed by atoms with Crippen LogP contribution in [-0.4, -0.2) is 84.8 Å². The lowest BCUT2D eigenvalue weighted by Gasteiger charge is -2.38. The molecule has 1 aromatic heterocycles. The standard InChI is InChI=1S/C25H32N4O4/c1-27-13-15-29(16-14-27)24(31)20-9-11-28(12-10-20)25(32)21(18-19-6-3-2-4-7-19)26-23(30)22-8-5-17-33-22/h2-8,17,20-21H,9-16,18H2,1H3,(H,26,30). The number of nitrogens with one attached hydrogen (secondary N) is 1. The zero-order valence-electron chi connectivity index (χ0n) is 19.1. The molecule has 0 saturated carbocycles. The van der Waals surface area contributed by atoms with E-state index >= 15 is 0 Å². The zero-order chi connectivity index (χ0) is 23.2. The molecule has 2 aliphatic heterocycles. The molecule has 2 fully saturated rings. The van der Waals surface area contributed by atoms with Crippen LogP contribution in [-0.2, 0) is 16.0 Å². The number of rotatable bonds is 6. The highest BCUT2D eigenvalue weighted by molar-refractivity contribution is 5.95. The van der Waals surface area contributed by atoms with Crippen LogP contribution in [0, 0.1) is 5.92 Å². The van der Waals surface area contributed by atoms with Gasteiger partial charge in [0.1, 0.15) is 6.04 Å². The van der Waals surface area contributed by atoms with Crippen molar-refractivity contribution < 1.29 is 18.8 Å². The fraction of sp³-hybridized carbons (Fsp3) is 0.480. The van der Waals surface area contributed by atoms with E-state index < -0.39 is 11.9 Å². The molecule has 1 atom stereocenters. The van der Waals surface area contributed by atoms with Crippen LogP contribution in [0.3, 0.4) is 0 Å². The van der Waals surface area contributed by atoms with E-state index in [4.69, 9.17) is 4.42 Å². The van der Waals surface area contributed by atoms with Crippen LogP contribution in [0.15, 0.2) is 53.1 Å². The molecule has 8 heteroatoms. The van der Waals surface area contributed by atoms with Crippen molar-refractivity contribution >= 4 is 17.7 Å². The molecule has 8 nitrogen and oxygen atoms in total. The van der Waals surface area contributed by atoms with E-state index in [9.17, 15) is 14.4 Å². The molecule has 0 spiro atoms. The average molecular weight is 453 g/mol. The third-order valence-electron chi connectivity index (χ3n) is 6.60. The SMILES string of the molecule is CN1CCN(C(=O)C2CCN(C(=O)C(Cc3ccccc3)NC(=O)c3ccco3)CC2)CC1. The maximum absolute atomic E-state index is 13.4. The number of amides is 3. The summed E-state index contributed by atoms with van der Waals surface area (Å²) in [5, 5.41) is 2.85. The summed E-state index contributed by atoms with van der Waals surface area (Å²) < 4.78 is 5.19. The van der Waals surface area contributed by atoms with Crippen molar-refractivity contribution in [1.29, 1.82) is 0 Å². The Morgan fingerprint density at radius 1 is 0.939 bits per heavy atom. The highest BCUT2D eigenvalue weighted by atomic mass is 16.3. The zero-order valence-corrected chi connectivity index (χ0v) is 19.1. The van der Waals surface area contributed by atoms with Crippen LogP contribution in [0.1, 0.15) is 29.0 Å². The summed E-state index contributed by atoms with van der Waals surface area (Å²) in [5.41, 5.74) is 0.968. The van der Waals surface area contributed by atoms with Gasteiger partial charge in [-0.1, -0.05) is 30.3 Å². The molecule has 1 unspecified atom stereocenters. The third kappa shape index (κ3) is 5.82. The number of hydrogen-bond donors (Lipinski definition) is 1. The predicted molar refractivity (Wildman–Crippen MR) is 123 cm³/mol. The van der Waals surface area contributed by atoms with Gasteiger partial charge in [-0.25, -0.2) is 0 Å². The summed E-state index contributed by atoms with van der Waals surface area (Å²) in [4.78, 5) is 44.9. The van der Waals surface area contributed by atoms with Gasteiger partial charge in [0.2, 0.25) is 11.8 Å². The molecule has 3 amide bonds. The van der Waals surface area contributed by atoms with Crippen LogP contribution in [0.4, 0.5) is 0 Å². The van der Waals surface area contributed by atoms with Gasteiger partial charge in [-0.05, 0) is 37.6 Å². The molecule has 3 heterocycles. The Labute approximate surface area is 194 Å². The van der Waals surface area contributed by atoms with Crippen LogP contribution < -0.4 is 5.32 Å². The van der Waals surface area contributed by atoms with Gasteiger partial charge in [0.25, 0.3) is 5.91 Å². The molecule has 1 aromatic carbocycles. The fourth-order valence-electron chi connectivity index (χ4n) is 4.54. The smallest absolute Gasteiger partial charge is 0.287 e. The number of carbonyl (C=O) groups is 3. The summed E-state index contributed by atoms with van der Waals surface area (Å²) >= 11 is 0. The van der Waals surface area contributed by atoms with E-state index in [0.717, 1.165) is 31.7 Å². The number of nitrogens with zero attached hydrogens (tertiary/aromatic N) is 3. The largest absolute Gasteiger partial charge is 0.459 e. The first-order valence-electron chi connectivity index (χ1n) is 11.7. The normalized spacial score (nSPS) is 18.7. The van der Waals surface area contributed by atoms with E-state index in [-0.39, 0.29) is 23.5 Å². The molecule has 33 heavy (non-hydrogen) atoms. The maximum atomic E-state index is 13.4. The summed E-state index contributed by atoms with van der Waals surface area (Å²) in [7, 11) is 2.07. The Hall–Kier alpha value is -3.13. The van der Waals surface area contributed by atoms with Crippen molar-refractivity contribution in [2.45, 2.75) is 25.3 Å². The second-order valence-electron chi connectivity index (χ2n) is 8.92. The Balaban J connectivity index is 1.37. The highest BCUT2D eigenvalue weighted by Gasteiger charge is 2.34. The number of likely N-dealkylation sites (tertiary alicyclic amines) is 1. The minimum absolute atomic E-state index is 0.0391. The van der Waals surface area contributed by atoms with Gasteiger partial charge in [-0.3, -0.25) is 14.4 Å². The Bertz CT molecular complexity index is 931. The first kappa shape index (κ1) is 23.0. The van der Waals surface area contributed by atoms with E-state index in [1.54, 1.807) is 17.0 Å². The molecule has 2 saturated heterocycles. The average Bonchev–Trinajstić information content (AvgIpc) is 3.39. The summed E-state index contributed by atoms with van der Waals surface area (Å²) in [6.45, 7) is 4.38. The molecular weight excluding hydrogens is 420 g/mol. The molecule has 4 rings (SSSR count). The van der Waals surface area contributed by atoms with Gasteiger partial charge in [0, 0.05) is 51.6 Å². The second kappa shape index (κ2) is 10.7. The van der Waals surface area contributed by atoms with Crippen molar-refractivity contribution in [3.8, 4) is 0 Å². The fourth-order valence-corrected chi connectivity index (χ4v) is 4.54. The topological polar surface area (TPSA) is 86.1 Å². The van der Waals surface area contributed by atoms with E-state index in [1.165, 1.54) is 6.26 Å². The number of hydrogen-bond acceptors (Lipinski definition) is 5. The first-order chi connectivity index (χ1) is 16.0. The van der Waals surface area contributed by atoms with E-state index in [1.807, 2.05) is 35.2 Å². The van der Waals surface area contributed by atoms with E-state index in [0.29, 0.717) is 32.4 Å². The highest BCUT2D eigenvalue weighted by Crippen LogP contribution is 2.22. The number of benzene rings is 1. The second-order valence-corrected chi connectivity index (χ2v) is 8.92. The molecule has 2 aromatic rings. The lowest BCUT2D eigenvalue weighted by atomic mass is 9.94. The van der Waals surface area contributed by atoms with Crippen molar-refractivity contribution in [1.82, 2.24) is 20.0 Å². The number of piperazine rings is 1. The number of likely N-dealkylation sites (N-methyl/N-ethyl adjacent to an activating group) is 1. The monoisotopic (exact) mass is 452 g/mol. The minimum atomic E-state index is -0.699. The third-order valence-corrected chi connectivity index (χ3v) is 6.60. The molecule has 1 N–H and O–H groups in total. The van der Waals surface area contributed by atoms with Gasteiger partial charge in [-0.2, -0.15) is 0 Å². The Morgan fingerprint density at radius 3 is 2.27 bits per heavy atom. The molecular formula is C25H32N4O4. The minimum Gasteiger partial charge on any atom is -0.459 e. The van der Waals surface area contributed by atoms with E-state index in [2.05, 4.69) is 17.3 Å². The molecule has 176 valence electrons. The van der Waals surface area contributed by atoms with Gasteiger partial charge >= 0.3 is 0 Å². The van der Waals surface area contributed by atoms with Crippen LogP contribution in [0.2, 0.25) is 0 Å². The van der Waals surface area contributed by atoms with Crippen molar-refractivity contribution in [3.63, 3.8) is 0 Å². The lowest BCUT2D eigenvalue weighted by Crippen LogP contribution is -2.54. The van der Waals surface area contributed by atoms with Crippen molar-refractivity contribution in [3.05, 3.63) is 60.1 Å². The summed E-state index contributed by atoms with van der Waals surface area (Å²) in [5.74, 6) is -0.180. The number of piperidine rings is 1. The van der Waals surface area contributed by atoms with Gasteiger partial charge in [0.15, 0.2) is 5.76 Å². The molecule has 0 radical (unpaired) electrons. The van der Waals surface area contributed by atoms with Crippen LogP contribution in [0.5, 0.6) is 0 Å². The van der Waals surface area contributed by atoms with Crippen LogP contribution in [0.25, 0.3) is 0 Å². The Kier molecular flexibility index (Phi) is 7.44. The molecule has 2 aliphatic rings. The van der Waals surface area contributed by atoms with Crippen LogP contribution >= 0.6 is 0 Å². The van der Waals surface area contributed by atoms with Crippen molar-refractivity contribution in [2.24, 2.45) is 5.92 Å². The molecule has 0 bridgehead atoms. The predicted octanol–water partition coefficient (Wildman–Crippen LogP) is 1.63. The molecule has 0 aliphatic carbocycles.